The van der Waals surface area contributed by atoms with Gasteiger partial charge in [0.2, 0.25) is 5.91 Å². The third-order valence-electron chi connectivity index (χ3n) is 3.58. The maximum atomic E-state index is 12.1. The summed E-state index contributed by atoms with van der Waals surface area (Å²) < 4.78 is 4.66. The lowest BCUT2D eigenvalue weighted by Gasteiger charge is -2.24. The minimum atomic E-state index is -0.633. The number of ether oxygens (including phenoxy) is 1. The van der Waals surface area contributed by atoms with Crippen LogP contribution >= 0.6 is 0 Å². The van der Waals surface area contributed by atoms with Gasteiger partial charge in [0.05, 0.1) is 7.11 Å². The van der Waals surface area contributed by atoms with Gasteiger partial charge in [-0.3, -0.25) is 9.59 Å². The summed E-state index contributed by atoms with van der Waals surface area (Å²) in [7, 11) is 3.11. The highest BCUT2D eigenvalue weighted by atomic mass is 16.5. The Morgan fingerprint density at radius 2 is 1.94 bits per heavy atom. The molecule has 98 valence electrons. The highest BCUT2D eigenvalue weighted by Crippen LogP contribution is 2.25. The quantitative estimate of drug-likeness (QED) is 0.545. The zero-order valence-electron chi connectivity index (χ0n) is 11.1. The van der Waals surface area contributed by atoms with Crippen molar-refractivity contribution < 1.29 is 14.3 Å². The summed E-state index contributed by atoms with van der Waals surface area (Å²) in [6, 6.07) is 0. The van der Waals surface area contributed by atoms with Gasteiger partial charge in [-0.15, -0.1) is 0 Å². The van der Waals surface area contributed by atoms with Crippen LogP contribution in [0.25, 0.3) is 0 Å². The number of nitrogens with zero attached hydrogens (tertiary/aromatic N) is 1. The zero-order chi connectivity index (χ0) is 12.8. The Kier molecular flexibility index (Phi) is 5.45. The second kappa shape index (κ2) is 6.62. The van der Waals surface area contributed by atoms with Gasteiger partial charge in [-0.2, -0.15) is 0 Å². The fourth-order valence-electron chi connectivity index (χ4n) is 2.52. The molecule has 0 aromatic carbocycles. The Labute approximate surface area is 103 Å². The van der Waals surface area contributed by atoms with E-state index in [-0.39, 0.29) is 5.91 Å². The first-order valence-corrected chi connectivity index (χ1v) is 6.43. The van der Waals surface area contributed by atoms with Gasteiger partial charge in [-0.05, 0) is 25.2 Å². The van der Waals surface area contributed by atoms with Crippen molar-refractivity contribution in [3.05, 3.63) is 0 Å². The predicted octanol–water partition coefficient (Wildman–Crippen LogP) is 1.83. The van der Waals surface area contributed by atoms with Crippen molar-refractivity contribution in [1.82, 2.24) is 4.90 Å². The topological polar surface area (TPSA) is 46.6 Å². The monoisotopic (exact) mass is 241 g/mol. The van der Waals surface area contributed by atoms with E-state index in [0.29, 0.717) is 12.3 Å². The second-order valence-electron chi connectivity index (χ2n) is 4.85. The van der Waals surface area contributed by atoms with Gasteiger partial charge in [-0.1, -0.05) is 19.8 Å². The molecule has 1 amide bonds. The number of methoxy groups -OCH3 is 1. The van der Waals surface area contributed by atoms with Gasteiger partial charge >= 0.3 is 5.97 Å². The van der Waals surface area contributed by atoms with Gasteiger partial charge in [0.1, 0.15) is 5.92 Å². The Morgan fingerprint density at radius 3 is 2.41 bits per heavy atom. The summed E-state index contributed by atoms with van der Waals surface area (Å²) >= 11 is 0. The van der Waals surface area contributed by atoms with Crippen molar-refractivity contribution in [2.75, 3.05) is 20.7 Å². The third-order valence-corrected chi connectivity index (χ3v) is 3.58. The molecule has 0 saturated heterocycles. The van der Waals surface area contributed by atoms with E-state index in [1.165, 1.54) is 32.8 Å². The van der Waals surface area contributed by atoms with E-state index in [2.05, 4.69) is 4.74 Å². The first kappa shape index (κ1) is 14.0. The molecular formula is C13H23NO3. The van der Waals surface area contributed by atoms with Crippen LogP contribution in [-0.2, 0) is 14.3 Å². The first-order valence-electron chi connectivity index (χ1n) is 6.43. The number of esters is 1. The molecule has 4 nitrogen and oxygen atoms in total. The van der Waals surface area contributed by atoms with E-state index in [0.717, 1.165) is 6.54 Å². The molecule has 0 bridgehead atoms. The Hall–Kier alpha value is -1.06. The second-order valence-corrected chi connectivity index (χ2v) is 4.85. The standard InChI is InChI=1S/C13H23NO3/c1-4-11(13(16)17-3)12(15)14(2)9-10-7-5-6-8-10/h10-11H,4-9H2,1-3H3. The smallest absolute Gasteiger partial charge is 0.318 e. The molecule has 4 heteroatoms. The van der Waals surface area contributed by atoms with E-state index < -0.39 is 11.9 Å². The van der Waals surface area contributed by atoms with Crippen LogP contribution in [0.15, 0.2) is 0 Å². The minimum absolute atomic E-state index is 0.105. The molecule has 0 radical (unpaired) electrons. The molecular weight excluding hydrogens is 218 g/mol. The molecule has 1 saturated carbocycles. The van der Waals surface area contributed by atoms with Crippen LogP contribution in [0.4, 0.5) is 0 Å². The van der Waals surface area contributed by atoms with Crippen LogP contribution in [-0.4, -0.2) is 37.5 Å². The number of hydrogen-bond acceptors (Lipinski definition) is 3. The minimum Gasteiger partial charge on any atom is -0.468 e. The van der Waals surface area contributed by atoms with Crippen molar-refractivity contribution >= 4 is 11.9 Å². The summed E-state index contributed by atoms with van der Waals surface area (Å²) in [5.41, 5.74) is 0. The SMILES string of the molecule is CCC(C(=O)OC)C(=O)N(C)CC1CCCC1. The molecule has 0 N–H and O–H groups in total. The third kappa shape index (κ3) is 3.72. The van der Waals surface area contributed by atoms with Crippen LogP contribution in [0, 0.1) is 11.8 Å². The summed E-state index contributed by atoms with van der Waals surface area (Å²) in [6.45, 7) is 2.61. The molecule has 1 aliphatic carbocycles. The molecule has 1 rings (SSSR count). The maximum Gasteiger partial charge on any atom is 0.318 e. The van der Waals surface area contributed by atoms with E-state index in [1.807, 2.05) is 6.92 Å². The molecule has 1 aliphatic rings. The van der Waals surface area contributed by atoms with Crippen LogP contribution in [0.3, 0.4) is 0 Å². The van der Waals surface area contributed by atoms with Crippen LogP contribution in [0.2, 0.25) is 0 Å². The number of hydrogen-bond donors (Lipinski definition) is 0. The Bertz CT molecular complexity index is 272. The molecule has 0 aromatic rings. The Balaban J connectivity index is 2.51. The lowest BCUT2D eigenvalue weighted by molar-refractivity contribution is -0.153. The van der Waals surface area contributed by atoms with Gasteiger partial charge in [-0.25, -0.2) is 0 Å². The fraction of sp³-hybridized carbons (Fsp3) is 0.846. The van der Waals surface area contributed by atoms with Crippen LogP contribution in [0.1, 0.15) is 39.0 Å². The van der Waals surface area contributed by atoms with Crippen LogP contribution in [0.5, 0.6) is 0 Å². The number of amides is 1. The summed E-state index contributed by atoms with van der Waals surface area (Å²) in [6.07, 6.45) is 5.43. The lowest BCUT2D eigenvalue weighted by atomic mass is 10.0. The molecule has 0 aliphatic heterocycles. The van der Waals surface area contributed by atoms with Crippen molar-refractivity contribution in [2.24, 2.45) is 11.8 Å². The van der Waals surface area contributed by atoms with Gasteiger partial charge < -0.3 is 9.64 Å². The van der Waals surface area contributed by atoms with Crippen molar-refractivity contribution in [3.8, 4) is 0 Å². The van der Waals surface area contributed by atoms with Crippen molar-refractivity contribution in [2.45, 2.75) is 39.0 Å². The largest absolute Gasteiger partial charge is 0.468 e. The maximum absolute atomic E-state index is 12.1. The van der Waals surface area contributed by atoms with Crippen molar-refractivity contribution in [3.63, 3.8) is 0 Å². The van der Waals surface area contributed by atoms with Gasteiger partial charge in [0, 0.05) is 13.6 Å². The number of carbonyl (C=O) groups is 2. The number of carbonyl (C=O) groups excluding carboxylic acids is 2. The summed E-state index contributed by atoms with van der Waals surface area (Å²) in [4.78, 5) is 25.2. The summed E-state index contributed by atoms with van der Waals surface area (Å²) in [5, 5.41) is 0. The average molecular weight is 241 g/mol. The number of rotatable bonds is 5. The van der Waals surface area contributed by atoms with Gasteiger partial charge in [0.15, 0.2) is 0 Å². The highest BCUT2D eigenvalue weighted by molar-refractivity contribution is 5.97. The van der Waals surface area contributed by atoms with Crippen LogP contribution < -0.4 is 0 Å². The predicted molar refractivity (Wildman–Crippen MR) is 65.4 cm³/mol. The normalized spacial score (nSPS) is 17.8. The fourth-order valence-corrected chi connectivity index (χ4v) is 2.52. The molecule has 0 aromatic heterocycles. The van der Waals surface area contributed by atoms with Crippen molar-refractivity contribution in [1.29, 1.82) is 0 Å². The van der Waals surface area contributed by atoms with E-state index in [4.69, 9.17) is 0 Å². The highest BCUT2D eigenvalue weighted by Gasteiger charge is 2.29. The average Bonchev–Trinajstić information content (AvgIpc) is 2.82. The molecule has 1 fully saturated rings. The zero-order valence-corrected chi connectivity index (χ0v) is 11.1. The first-order chi connectivity index (χ1) is 8.10. The molecule has 0 spiro atoms. The molecule has 17 heavy (non-hydrogen) atoms. The lowest BCUT2D eigenvalue weighted by Crippen LogP contribution is -2.39. The summed E-state index contributed by atoms with van der Waals surface area (Å²) in [5.74, 6) is -0.549. The van der Waals surface area contributed by atoms with Gasteiger partial charge in [0.25, 0.3) is 0 Å². The Morgan fingerprint density at radius 1 is 1.35 bits per heavy atom. The van der Waals surface area contributed by atoms with E-state index >= 15 is 0 Å². The molecule has 1 atom stereocenters. The molecule has 1 unspecified atom stereocenters. The van der Waals surface area contributed by atoms with E-state index in [1.54, 1.807) is 11.9 Å². The molecule has 0 heterocycles. The van der Waals surface area contributed by atoms with E-state index in [9.17, 15) is 9.59 Å².